The van der Waals surface area contributed by atoms with Gasteiger partial charge in [0.05, 0.1) is 0 Å². The third kappa shape index (κ3) is 3.62. The summed E-state index contributed by atoms with van der Waals surface area (Å²) in [5, 5.41) is 24.2. The van der Waals surface area contributed by atoms with E-state index >= 15 is 0 Å². The standard InChI is InChI=1S/C16H16O4.Ni/c1-2-3-4-10-5-12(16(20)9-17)6-11-7-14(18)15(19)8-13(10)11;/h5-9,18-19H,2-4H2,1H3;/q;+2/p-2. The van der Waals surface area contributed by atoms with Crippen LogP contribution >= 0.6 is 0 Å². The van der Waals surface area contributed by atoms with Crippen molar-refractivity contribution < 1.29 is 36.3 Å². The van der Waals surface area contributed by atoms with Crippen LogP contribution in [0.5, 0.6) is 11.5 Å². The third-order valence-electron chi connectivity index (χ3n) is 3.29. The van der Waals surface area contributed by atoms with Crippen LogP contribution in [0, 0.1) is 0 Å². The molecule has 0 saturated carbocycles. The molecule has 2 aromatic rings. The number of hydrogen-bond donors (Lipinski definition) is 0. The summed E-state index contributed by atoms with van der Waals surface area (Å²) in [5.41, 5.74) is 1.09. The van der Waals surface area contributed by atoms with E-state index in [1.54, 1.807) is 6.07 Å². The maximum absolute atomic E-state index is 11.5. The molecule has 0 amide bonds. The van der Waals surface area contributed by atoms with E-state index in [4.69, 9.17) is 0 Å². The summed E-state index contributed by atoms with van der Waals surface area (Å²) in [6.07, 6.45) is 2.83. The number of benzene rings is 2. The molecule has 21 heavy (non-hydrogen) atoms. The van der Waals surface area contributed by atoms with Gasteiger partial charge in [0, 0.05) is 5.56 Å². The monoisotopic (exact) mass is 328 g/mol. The maximum atomic E-state index is 11.5. The number of aldehydes is 1. The molecule has 0 bridgehead atoms. The van der Waals surface area contributed by atoms with Crippen LogP contribution in [0.15, 0.2) is 24.3 Å². The van der Waals surface area contributed by atoms with Gasteiger partial charge in [-0.1, -0.05) is 25.5 Å². The number of carbonyl (C=O) groups excluding carboxylic acids is 2. The summed E-state index contributed by atoms with van der Waals surface area (Å²) in [7, 11) is 0. The van der Waals surface area contributed by atoms with Crippen molar-refractivity contribution in [3.63, 3.8) is 0 Å². The predicted molar refractivity (Wildman–Crippen MR) is 71.8 cm³/mol. The molecule has 5 heteroatoms. The van der Waals surface area contributed by atoms with Gasteiger partial charge in [-0.2, -0.15) is 0 Å². The number of fused-ring (bicyclic) bond motifs is 1. The Morgan fingerprint density at radius 1 is 1.14 bits per heavy atom. The average molecular weight is 329 g/mol. The second-order valence-electron chi connectivity index (χ2n) is 4.74. The van der Waals surface area contributed by atoms with Gasteiger partial charge in [-0.05, 0) is 41.3 Å². The molecule has 0 heterocycles. The molecule has 0 radical (unpaired) electrons. The Morgan fingerprint density at radius 3 is 2.43 bits per heavy atom. The smallest absolute Gasteiger partial charge is 0.873 e. The molecular formula is C16H14NiO4. The zero-order valence-corrected chi connectivity index (χ0v) is 12.4. The Labute approximate surface area is 132 Å². The fraction of sp³-hybridized carbons (Fsp3) is 0.250. The number of unbranched alkanes of at least 4 members (excludes halogenated alkanes) is 1. The maximum Gasteiger partial charge on any atom is 2.00 e. The van der Waals surface area contributed by atoms with E-state index in [1.165, 1.54) is 18.2 Å². The number of aryl methyl sites for hydroxylation is 1. The minimum Gasteiger partial charge on any atom is -0.873 e. The summed E-state index contributed by atoms with van der Waals surface area (Å²) in [4.78, 5) is 22.2. The molecule has 2 rings (SSSR count). The first-order valence-corrected chi connectivity index (χ1v) is 6.51. The first kappa shape index (κ1) is 17.2. The number of hydrogen-bond acceptors (Lipinski definition) is 4. The normalized spacial score (nSPS) is 10.1. The quantitative estimate of drug-likeness (QED) is 0.362. The first-order chi connectivity index (χ1) is 9.56. The van der Waals surface area contributed by atoms with Gasteiger partial charge in [-0.25, -0.2) is 0 Å². The Balaban J connectivity index is 0.00000220. The van der Waals surface area contributed by atoms with Crippen LogP contribution in [0.25, 0.3) is 10.8 Å². The van der Waals surface area contributed by atoms with Crippen molar-refractivity contribution in [1.82, 2.24) is 0 Å². The first-order valence-electron chi connectivity index (χ1n) is 6.51. The second kappa shape index (κ2) is 7.23. The van der Waals surface area contributed by atoms with Crippen molar-refractivity contribution in [2.75, 3.05) is 0 Å². The van der Waals surface area contributed by atoms with Gasteiger partial charge >= 0.3 is 16.5 Å². The van der Waals surface area contributed by atoms with E-state index < -0.39 is 17.3 Å². The van der Waals surface area contributed by atoms with Crippen LogP contribution < -0.4 is 10.2 Å². The molecule has 0 aromatic heterocycles. The van der Waals surface area contributed by atoms with Crippen molar-refractivity contribution >= 4 is 22.8 Å². The number of Topliss-reactive ketones (excluding diaryl/α,β-unsaturated/α-hetero) is 1. The van der Waals surface area contributed by atoms with Crippen molar-refractivity contribution in [3.8, 4) is 11.5 Å². The molecule has 0 atom stereocenters. The number of rotatable bonds is 5. The summed E-state index contributed by atoms with van der Waals surface area (Å²) >= 11 is 0. The predicted octanol–water partition coefficient (Wildman–Crippen LogP) is 1.71. The molecule has 0 fully saturated rings. The molecule has 0 spiro atoms. The molecular weight excluding hydrogens is 315 g/mol. The summed E-state index contributed by atoms with van der Waals surface area (Å²) in [5.74, 6) is -1.78. The number of ketones is 1. The molecule has 0 aliphatic rings. The molecule has 0 aliphatic carbocycles. The average Bonchev–Trinajstić information content (AvgIpc) is 2.45. The van der Waals surface area contributed by atoms with E-state index in [0.717, 1.165) is 18.4 Å². The van der Waals surface area contributed by atoms with Crippen LogP contribution in [0.1, 0.15) is 35.7 Å². The number of carbonyl (C=O) groups is 2. The molecule has 112 valence electrons. The zero-order chi connectivity index (χ0) is 14.7. The molecule has 0 aliphatic heterocycles. The van der Waals surface area contributed by atoms with Gasteiger partial charge in [0.1, 0.15) is 0 Å². The van der Waals surface area contributed by atoms with Crippen molar-refractivity contribution in [2.45, 2.75) is 26.2 Å². The summed E-state index contributed by atoms with van der Waals surface area (Å²) in [6.45, 7) is 2.04. The van der Waals surface area contributed by atoms with E-state index in [-0.39, 0.29) is 28.3 Å². The largest absolute Gasteiger partial charge is 2.00 e. The van der Waals surface area contributed by atoms with Crippen LogP contribution in [0.2, 0.25) is 0 Å². The van der Waals surface area contributed by atoms with Crippen molar-refractivity contribution in [2.24, 2.45) is 0 Å². The minimum atomic E-state index is -0.622. The Hall–Kier alpha value is -1.87. The Morgan fingerprint density at radius 2 is 1.81 bits per heavy atom. The summed E-state index contributed by atoms with van der Waals surface area (Å²) in [6, 6.07) is 5.67. The van der Waals surface area contributed by atoms with Gasteiger partial charge in [0.25, 0.3) is 0 Å². The van der Waals surface area contributed by atoms with Gasteiger partial charge in [0.2, 0.25) is 5.78 Å². The zero-order valence-electron chi connectivity index (χ0n) is 11.5. The van der Waals surface area contributed by atoms with Gasteiger partial charge in [-0.15, -0.1) is 11.5 Å². The molecule has 4 nitrogen and oxygen atoms in total. The van der Waals surface area contributed by atoms with Crippen LogP contribution in [-0.4, -0.2) is 12.1 Å². The van der Waals surface area contributed by atoms with Crippen molar-refractivity contribution in [3.05, 3.63) is 35.4 Å². The van der Waals surface area contributed by atoms with E-state index in [1.807, 2.05) is 6.92 Å². The van der Waals surface area contributed by atoms with Gasteiger partial charge in [-0.3, -0.25) is 9.59 Å². The van der Waals surface area contributed by atoms with E-state index in [2.05, 4.69) is 0 Å². The third-order valence-corrected chi connectivity index (χ3v) is 3.29. The van der Waals surface area contributed by atoms with E-state index in [9.17, 15) is 19.8 Å². The van der Waals surface area contributed by atoms with Crippen LogP contribution in [0.3, 0.4) is 0 Å². The van der Waals surface area contributed by atoms with Crippen LogP contribution in [-0.2, 0) is 27.7 Å². The SMILES string of the molecule is CCCCc1cc(C(=O)C=O)cc2cc([O-])c([O-])cc12.[Ni+2]. The van der Waals surface area contributed by atoms with Gasteiger partial charge in [0.15, 0.2) is 6.29 Å². The summed E-state index contributed by atoms with van der Waals surface area (Å²) < 4.78 is 0. The molecule has 0 saturated heterocycles. The van der Waals surface area contributed by atoms with Crippen LogP contribution in [0.4, 0.5) is 0 Å². The Kier molecular flexibility index (Phi) is 5.92. The fourth-order valence-corrected chi connectivity index (χ4v) is 2.23. The molecule has 0 unspecified atom stereocenters. The van der Waals surface area contributed by atoms with Gasteiger partial charge < -0.3 is 10.2 Å². The van der Waals surface area contributed by atoms with Crippen molar-refractivity contribution in [1.29, 1.82) is 0 Å². The minimum absolute atomic E-state index is 0. The van der Waals surface area contributed by atoms with E-state index in [0.29, 0.717) is 17.2 Å². The Bertz CT molecular complexity index is 680. The molecule has 2 aromatic carbocycles. The molecule has 0 N–H and O–H groups in total. The topological polar surface area (TPSA) is 80.3 Å². The second-order valence-corrected chi connectivity index (χ2v) is 4.74. The fourth-order valence-electron chi connectivity index (χ4n) is 2.23.